The minimum Gasteiger partial charge on any atom is -0.469 e. The Kier molecular flexibility index (Phi) is 6.79. The van der Waals surface area contributed by atoms with E-state index in [0.717, 1.165) is 10.9 Å². The number of imidazole rings is 1. The van der Waals surface area contributed by atoms with E-state index in [4.69, 9.17) is 4.18 Å². The molecule has 0 radical (unpaired) electrons. The van der Waals surface area contributed by atoms with Crippen LogP contribution in [-0.4, -0.2) is 47.2 Å². The summed E-state index contributed by atoms with van der Waals surface area (Å²) < 4.78 is 37.4. The maximum Gasteiger partial charge on any atom is 0.339 e. The Morgan fingerprint density at radius 3 is 2.61 bits per heavy atom. The lowest BCUT2D eigenvalue weighted by Crippen LogP contribution is -2.13. The molecule has 12 heteroatoms. The van der Waals surface area contributed by atoms with Gasteiger partial charge in [0.05, 0.1) is 35.5 Å². The third kappa shape index (κ3) is 5.34. The van der Waals surface area contributed by atoms with Crippen LogP contribution in [0, 0.1) is 0 Å². The first kappa shape index (κ1) is 25.0. The standard InChI is InChI=1S/C26H23N5O6S/c1-36-25(33)8-4-7-24(32)30-26-28-21-14-11-19(15-22(21)29-26)37-38(34,35)20-12-9-18(10-13-20)31-23-6-3-2-5-17(23)16-27-31/h2-3,5-6,9-16H,4,7-8H2,1H3,(H2,28,29,30,32). The highest BCUT2D eigenvalue weighted by atomic mass is 32.2. The second-order valence-corrected chi connectivity index (χ2v) is 9.94. The first-order chi connectivity index (χ1) is 18.3. The molecular weight excluding hydrogens is 510 g/mol. The minimum absolute atomic E-state index is 0.0141. The molecule has 2 heterocycles. The molecule has 1 amide bonds. The molecule has 194 valence electrons. The molecule has 0 bridgehead atoms. The Labute approximate surface area is 217 Å². The van der Waals surface area contributed by atoms with Crippen LogP contribution >= 0.6 is 0 Å². The van der Waals surface area contributed by atoms with E-state index in [1.807, 2.05) is 24.3 Å². The molecule has 2 aromatic heterocycles. The van der Waals surface area contributed by atoms with Crippen molar-refractivity contribution in [1.29, 1.82) is 0 Å². The molecule has 3 aromatic carbocycles. The molecule has 0 spiro atoms. The normalized spacial score (nSPS) is 11.5. The van der Waals surface area contributed by atoms with Crippen LogP contribution in [0.5, 0.6) is 5.75 Å². The van der Waals surface area contributed by atoms with Crippen LogP contribution in [0.25, 0.3) is 27.6 Å². The molecule has 0 saturated heterocycles. The predicted octanol–water partition coefficient (Wildman–Crippen LogP) is 3.95. The number of carbonyl (C=O) groups is 2. The van der Waals surface area contributed by atoms with Crippen molar-refractivity contribution in [3.8, 4) is 11.4 Å². The quantitative estimate of drug-likeness (QED) is 0.214. The smallest absolute Gasteiger partial charge is 0.339 e. The molecular formula is C26H23N5O6S. The first-order valence-corrected chi connectivity index (χ1v) is 13.1. The fourth-order valence-corrected chi connectivity index (χ4v) is 4.82. The van der Waals surface area contributed by atoms with Gasteiger partial charge < -0.3 is 13.9 Å². The highest BCUT2D eigenvalue weighted by Crippen LogP contribution is 2.25. The van der Waals surface area contributed by atoms with Gasteiger partial charge in [-0.05, 0) is 48.9 Å². The molecule has 0 aliphatic heterocycles. The summed E-state index contributed by atoms with van der Waals surface area (Å²) in [6.45, 7) is 0. The van der Waals surface area contributed by atoms with Crippen LogP contribution in [0.3, 0.4) is 0 Å². The van der Waals surface area contributed by atoms with E-state index >= 15 is 0 Å². The second kappa shape index (κ2) is 10.3. The number of anilines is 1. The van der Waals surface area contributed by atoms with E-state index in [0.29, 0.717) is 23.1 Å². The first-order valence-electron chi connectivity index (χ1n) is 11.7. The van der Waals surface area contributed by atoms with Gasteiger partial charge in [-0.15, -0.1) is 0 Å². The van der Waals surface area contributed by atoms with Crippen molar-refractivity contribution < 1.29 is 26.9 Å². The highest BCUT2D eigenvalue weighted by molar-refractivity contribution is 7.87. The number of para-hydroxylation sites is 1. The summed E-state index contributed by atoms with van der Waals surface area (Å²) in [4.78, 5) is 30.5. The molecule has 2 N–H and O–H groups in total. The molecule has 0 atom stereocenters. The van der Waals surface area contributed by atoms with Crippen LogP contribution in [0.2, 0.25) is 0 Å². The number of carbonyl (C=O) groups excluding carboxylic acids is 2. The largest absolute Gasteiger partial charge is 0.469 e. The van der Waals surface area contributed by atoms with Gasteiger partial charge in [0.15, 0.2) is 0 Å². The second-order valence-electron chi connectivity index (χ2n) is 8.39. The summed E-state index contributed by atoms with van der Waals surface area (Å²) >= 11 is 0. The number of fused-ring (bicyclic) bond motifs is 2. The summed E-state index contributed by atoms with van der Waals surface area (Å²) in [5.74, 6) is -0.433. The fraction of sp³-hybridized carbons (Fsp3) is 0.154. The number of rotatable bonds is 9. The maximum atomic E-state index is 12.9. The number of amides is 1. The zero-order chi connectivity index (χ0) is 26.7. The average molecular weight is 534 g/mol. The summed E-state index contributed by atoms with van der Waals surface area (Å²) in [7, 11) is -2.83. The third-order valence-corrected chi connectivity index (χ3v) is 7.04. The predicted molar refractivity (Wildman–Crippen MR) is 139 cm³/mol. The Hall–Kier alpha value is -4.71. The SMILES string of the molecule is COC(=O)CCCC(=O)Nc1nc2cc(OS(=O)(=O)c3ccc(-n4ncc5ccccc54)cc3)ccc2[nH]1. The van der Waals surface area contributed by atoms with Gasteiger partial charge in [0, 0.05) is 24.3 Å². The number of aromatic amines is 1. The van der Waals surface area contributed by atoms with Gasteiger partial charge in [-0.3, -0.25) is 14.9 Å². The van der Waals surface area contributed by atoms with Crippen molar-refractivity contribution in [3.63, 3.8) is 0 Å². The van der Waals surface area contributed by atoms with E-state index < -0.39 is 10.1 Å². The number of H-pyrrole nitrogens is 1. The fourth-order valence-electron chi connectivity index (χ4n) is 3.89. The molecule has 5 rings (SSSR count). The zero-order valence-corrected chi connectivity index (χ0v) is 21.1. The third-order valence-electron chi connectivity index (χ3n) is 5.78. The van der Waals surface area contributed by atoms with Crippen molar-refractivity contribution in [2.24, 2.45) is 0 Å². The van der Waals surface area contributed by atoms with Gasteiger partial charge in [0.1, 0.15) is 10.6 Å². The number of aromatic nitrogens is 4. The van der Waals surface area contributed by atoms with E-state index in [1.165, 1.54) is 31.4 Å². The number of nitrogens with one attached hydrogen (secondary N) is 2. The van der Waals surface area contributed by atoms with Crippen molar-refractivity contribution in [1.82, 2.24) is 19.7 Å². The van der Waals surface area contributed by atoms with Crippen molar-refractivity contribution in [2.75, 3.05) is 12.4 Å². The maximum absolute atomic E-state index is 12.9. The topological polar surface area (TPSA) is 145 Å². The average Bonchev–Trinajstić information content (AvgIpc) is 3.51. The summed E-state index contributed by atoms with van der Waals surface area (Å²) in [5, 5.41) is 7.98. The molecule has 0 aliphatic carbocycles. The van der Waals surface area contributed by atoms with Crippen LogP contribution < -0.4 is 9.50 Å². The highest BCUT2D eigenvalue weighted by Gasteiger charge is 2.18. The van der Waals surface area contributed by atoms with Gasteiger partial charge in [0.25, 0.3) is 0 Å². The van der Waals surface area contributed by atoms with Gasteiger partial charge in [-0.1, -0.05) is 18.2 Å². The minimum atomic E-state index is -4.12. The molecule has 11 nitrogen and oxygen atoms in total. The van der Waals surface area contributed by atoms with Crippen molar-refractivity contribution in [3.05, 3.63) is 72.9 Å². The monoisotopic (exact) mass is 533 g/mol. The van der Waals surface area contributed by atoms with Crippen LogP contribution in [0.1, 0.15) is 19.3 Å². The molecule has 0 saturated carbocycles. The Bertz CT molecular complexity index is 1740. The van der Waals surface area contributed by atoms with Gasteiger partial charge in [-0.25, -0.2) is 9.67 Å². The molecule has 0 fully saturated rings. The van der Waals surface area contributed by atoms with Crippen molar-refractivity contribution >= 4 is 49.9 Å². The molecule has 0 aliphatic rings. The van der Waals surface area contributed by atoms with Gasteiger partial charge in [-0.2, -0.15) is 13.5 Å². The lowest BCUT2D eigenvalue weighted by molar-refractivity contribution is -0.140. The number of hydrogen-bond acceptors (Lipinski definition) is 8. The summed E-state index contributed by atoms with van der Waals surface area (Å²) in [6, 6.07) is 18.5. The summed E-state index contributed by atoms with van der Waals surface area (Å²) in [5.41, 5.74) is 2.60. The molecule has 38 heavy (non-hydrogen) atoms. The lowest BCUT2D eigenvalue weighted by Gasteiger charge is -2.08. The number of esters is 1. The number of ether oxygens (including phenoxy) is 1. The van der Waals surface area contributed by atoms with Gasteiger partial charge >= 0.3 is 16.1 Å². The molecule has 0 unspecified atom stereocenters. The van der Waals surface area contributed by atoms with Crippen LogP contribution in [0.4, 0.5) is 5.95 Å². The van der Waals surface area contributed by atoms with Crippen molar-refractivity contribution in [2.45, 2.75) is 24.2 Å². The van der Waals surface area contributed by atoms with E-state index in [1.54, 1.807) is 29.1 Å². The molecule has 5 aromatic rings. The number of hydrogen-bond donors (Lipinski definition) is 2. The van der Waals surface area contributed by atoms with Gasteiger partial charge in [0.2, 0.25) is 11.9 Å². The number of methoxy groups -OCH3 is 1. The Balaban J connectivity index is 1.27. The van der Waals surface area contributed by atoms with E-state index in [-0.39, 0.29) is 41.3 Å². The Morgan fingerprint density at radius 1 is 1.03 bits per heavy atom. The zero-order valence-electron chi connectivity index (χ0n) is 20.2. The van der Waals surface area contributed by atoms with E-state index in [2.05, 4.69) is 25.1 Å². The summed E-state index contributed by atoms with van der Waals surface area (Å²) in [6.07, 6.45) is 2.35. The Morgan fingerprint density at radius 2 is 1.82 bits per heavy atom. The van der Waals surface area contributed by atoms with Crippen LogP contribution in [0.15, 0.2) is 77.8 Å². The van der Waals surface area contributed by atoms with E-state index in [9.17, 15) is 18.0 Å². The van der Waals surface area contributed by atoms with Crippen LogP contribution in [-0.2, 0) is 24.4 Å². The number of benzene rings is 3. The number of nitrogens with zero attached hydrogens (tertiary/aromatic N) is 3. The lowest BCUT2D eigenvalue weighted by atomic mass is 10.2.